The number of hydrogen-bond acceptors (Lipinski definition) is 4. The Morgan fingerprint density at radius 1 is 1.25 bits per heavy atom. The van der Waals surface area contributed by atoms with E-state index >= 15 is 0 Å². The van der Waals surface area contributed by atoms with Gasteiger partial charge < -0.3 is 5.11 Å². The number of non-ortho nitro benzene ring substituents is 1. The van der Waals surface area contributed by atoms with Crippen LogP contribution in [-0.2, 0) is 0 Å². The molecule has 0 unspecified atom stereocenters. The van der Waals surface area contributed by atoms with E-state index in [1.165, 1.54) is 24.4 Å². The van der Waals surface area contributed by atoms with Gasteiger partial charge in [0, 0.05) is 23.9 Å². The zero-order chi connectivity index (χ0) is 14.5. The fourth-order valence-corrected chi connectivity index (χ4v) is 1.77. The van der Waals surface area contributed by atoms with E-state index in [1.54, 1.807) is 0 Å². The Morgan fingerprint density at radius 3 is 2.60 bits per heavy atom. The minimum atomic E-state index is -0.503. The molecule has 1 N–H and O–H groups in total. The summed E-state index contributed by atoms with van der Waals surface area (Å²) in [4.78, 5) is 14.5. The summed E-state index contributed by atoms with van der Waals surface area (Å²) in [5.74, 6) is -0.0281. The zero-order valence-corrected chi connectivity index (χ0v) is 10.9. The molecule has 5 nitrogen and oxygen atoms in total. The van der Waals surface area contributed by atoms with Gasteiger partial charge in [0.2, 0.25) is 0 Å². The van der Waals surface area contributed by atoms with Gasteiger partial charge >= 0.3 is 0 Å². The van der Waals surface area contributed by atoms with Gasteiger partial charge in [0.25, 0.3) is 5.69 Å². The highest BCUT2D eigenvalue weighted by Gasteiger charge is 2.09. The molecule has 0 bridgehead atoms. The number of rotatable bonds is 4. The smallest absolute Gasteiger partial charge is 0.270 e. The van der Waals surface area contributed by atoms with Crippen LogP contribution < -0.4 is 0 Å². The van der Waals surface area contributed by atoms with Crippen LogP contribution in [0.4, 0.5) is 5.69 Å². The molecule has 2 aromatic carbocycles. The first-order chi connectivity index (χ1) is 9.58. The minimum Gasteiger partial charge on any atom is -0.507 e. The van der Waals surface area contributed by atoms with Crippen LogP contribution in [0.2, 0.25) is 0 Å². The van der Waals surface area contributed by atoms with Crippen LogP contribution in [0.1, 0.15) is 24.1 Å². The Hall–Kier alpha value is -2.69. The lowest BCUT2D eigenvalue weighted by Gasteiger charge is -2.06. The summed E-state index contributed by atoms with van der Waals surface area (Å²) in [6.07, 6.45) is 1.46. The number of phenolic OH excluding ortho intramolecular Hbond substituents is 1. The summed E-state index contributed by atoms with van der Waals surface area (Å²) in [6, 6.07) is 13.4. The summed E-state index contributed by atoms with van der Waals surface area (Å²) in [7, 11) is 0. The zero-order valence-electron chi connectivity index (χ0n) is 10.9. The molecular weight excluding hydrogens is 256 g/mol. The van der Waals surface area contributed by atoms with E-state index in [0.29, 0.717) is 5.56 Å². The summed E-state index contributed by atoms with van der Waals surface area (Å²) >= 11 is 0. The number of benzene rings is 2. The lowest BCUT2D eigenvalue weighted by molar-refractivity contribution is -0.384. The number of aromatic hydroxyl groups is 1. The SMILES string of the molecule is C[C@@H](N=Cc1cc([N+](=O)[O-])ccc1O)c1ccccc1. The number of nitro groups is 1. The molecule has 0 radical (unpaired) electrons. The van der Waals surface area contributed by atoms with Gasteiger partial charge in [0.15, 0.2) is 0 Å². The molecule has 0 aliphatic rings. The lowest BCUT2D eigenvalue weighted by atomic mass is 10.1. The van der Waals surface area contributed by atoms with Crippen molar-refractivity contribution >= 4 is 11.9 Å². The van der Waals surface area contributed by atoms with Crippen molar-refractivity contribution in [2.24, 2.45) is 4.99 Å². The third-order valence-corrected chi connectivity index (χ3v) is 2.94. The van der Waals surface area contributed by atoms with E-state index in [4.69, 9.17) is 0 Å². The fourth-order valence-electron chi connectivity index (χ4n) is 1.77. The van der Waals surface area contributed by atoms with Crippen molar-refractivity contribution in [3.8, 4) is 5.75 Å². The van der Waals surface area contributed by atoms with E-state index < -0.39 is 4.92 Å². The monoisotopic (exact) mass is 270 g/mol. The van der Waals surface area contributed by atoms with Crippen LogP contribution in [0.15, 0.2) is 53.5 Å². The van der Waals surface area contributed by atoms with Gasteiger partial charge in [-0.25, -0.2) is 0 Å². The van der Waals surface area contributed by atoms with Crippen molar-refractivity contribution in [2.75, 3.05) is 0 Å². The van der Waals surface area contributed by atoms with Crippen molar-refractivity contribution in [1.29, 1.82) is 0 Å². The third kappa shape index (κ3) is 3.20. The normalized spacial score (nSPS) is 12.4. The molecule has 0 heterocycles. The van der Waals surface area contributed by atoms with Gasteiger partial charge in [-0.1, -0.05) is 30.3 Å². The molecule has 0 aliphatic carbocycles. The molecule has 0 amide bonds. The first-order valence-corrected chi connectivity index (χ1v) is 6.13. The Bertz CT molecular complexity index is 639. The maximum atomic E-state index is 10.7. The Morgan fingerprint density at radius 2 is 1.95 bits per heavy atom. The summed E-state index contributed by atoms with van der Waals surface area (Å²) < 4.78 is 0. The first kappa shape index (κ1) is 13.7. The second kappa shape index (κ2) is 5.97. The Labute approximate surface area is 116 Å². The van der Waals surface area contributed by atoms with E-state index in [2.05, 4.69) is 4.99 Å². The molecule has 2 aromatic rings. The van der Waals surface area contributed by atoms with Gasteiger partial charge in [-0.3, -0.25) is 15.1 Å². The predicted octanol–water partition coefficient (Wildman–Crippen LogP) is 3.48. The van der Waals surface area contributed by atoms with Crippen molar-refractivity contribution in [3.05, 3.63) is 69.8 Å². The van der Waals surface area contributed by atoms with Crippen LogP contribution >= 0.6 is 0 Å². The van der Waals surface area contributed by atoms with Crippen LogP contribution in [-0.4, -0.2) is 16.2 Å². The maximum absolute atomic E-state index is 10.7. The molecule has 1 atom stereocenters. The molecule has 20 heavy (non-hydrogen) atoms. The summed E-state index contributed by atoms with van der Waals surface area (Å²) in [5.41, 5.74) is 1.30. The largest absolute Gasteiger partial charge is 0.507 e. The van der Waals surface area contributed by atoms with Crippen molar-refractivity contribution < 1.29 is 10.0 Å². The summed E-state index contributed by atoms with van der Waals surface area (Å²) in [5, 5.41) is 20.4. The minimum absolute atomic E-state index is 0.0281. The molecule has 0 aliphatic heterocycles. The molecule has 2 rings (SSSR count). The number of phenols is 1. The van der Waals surface area contributed by atoms with Gasteiger partial charge in [-0.05, 0) is 18.6 Å². The molecule has 0 saturated heterocycles. The average Bonchev–Trinajstić information content (AvgIpc) is 2.46. The van der Waals surface area contributed by atoms with E-state index in [9.17, 15) is 15.2 Å². The standard InChI is InChI=1S/C15H14N2O3/c1-11(12-5-3-2-4-6-12)16-10-13-9-14(17(19)20)7-8-15(13)18/h2-11,18H,1H3/t11-/m1/s1. The highest BCUT2D eigenvalue weighted by atomic mass is 16.6. The number of hydrogen-bond donors (Lipinski definition) is 1. The van der Waals surface area contributed by atoms with E-state index in [1.807, 2.05) is 37.3 Å². The lowest BCUT2D eigenvalue weighted by Crippen LogP contribution is -1.93. The number of aliphatic imine (C=N–C) groups is 1. The molecule has 0 spiro atoms. The van der Waals surface area contributed by atoms with Gasteiger partial charge in [-0.2, -0.15) is 0 Å². The van der Waals surface area contributed by atoms with Crippen LogP contribution in [0, 0.1) is 10.1 Å². The number of nitro benzene ring substituents is 1. The molecule has 0 saturated carbocycles. The van der Waals surface area contributed by atoms with E-state index in [0.717, 1.165) is 5.56 Å². The van der Waals surface area contributed by atoms with Crippen LogP contribution in [0.3, 0.4) is 0 Å². The molecule has 0 aromatic heterocycles. The maximum Gasteiger partial charge on any atom is 0.270 e. The highest BCUT2D eigenvalue weighted by Crippen LogP contribution is 2.22. The van der Waals surface area contributed by atoms with Crippen LogP contribution in [0.5, 0.6) is 5.75 Å². The molecule has 0 fully saturated rings. The predicted molar refractivity (Wildman–Crippen MR) is 77.2 cm³/mol. The van der Waals surface area contributed by atoms with Gasteiger partial charge in [0.05, 0.1) is 11.0 Å². The molecule has 5 heteroatoms. The second-order valence-electron chi connectivity index (χ2n) is 4.37. The second-order valence-corrected chi connectivity index (χ2v) is 4.37. The van der Waals surface area contributed by atoms with Gasteiger partial charge in [-0.15, -0.1) is 0 Å². The topological polar surface area (TPSA) is 75.7 Å². The first-order valence-electron chi connectivity index (χ1n) is 6.13. The quantitative estimate of drug-likeness (QED) is 0.525. The van der Waals surface area contributed by atoms with Crippen molar-refractivity contribution in [2.45, 2.75) is 13.0 Å². The Kier molecular flexibility index (Phi) is 4.10. The summed E-state index contributed by atoms with van der Waals surface area (Å²) in [6.45, 7) is 1.92. The van der Waals surface area contributed by atoms with Gasteiger partial charge in [0.1, 0.15) is 5.75 Å². The molecular formula is C15H14N2O3. The average molecular weight is 270 g/mol. The third-order valence-electron chi connectivity index (χ3n) is 2.94. The van der Waals surface area contributed by atoms with Crippen LogP contribution in [0.25, 0.3) is 0 Å². The van der Waals surface area contributed by atoms with E-state index in [-0.39, 0.29) is 17.5 Å². The Balaban J connectivity index is 2.23. The fraction of sp³-hybridized carbons (Fsp3) is 0.133. The highest BCUT2D eigenvalue weighted by molar-refractivity contribution is 5.84. The molecule has 102 valence electrons. The number of nitrogens with zero attached hydrogens (tertiary/aromatic N) is 2. The van der Waals surface area contributed by atoms with Crippen molar-refractivity contribution in [1.82, 2.24) is 0 Å². The van der Waals surface area contributed by atoms with Crippen molar-refractivity contribution in [3.63, 3.8) is 0 Å².